The fraction of sp³-hybridized carbons (Fsp3) is 0.214. The molecule has 98 valence electrons. The molecule has 1 heterocycles. The molecule has 0 aliphatic rings. The molecular formula is C14H15N3O2. The lowest BCUT2D eigenvalue weighted by Gasteiger charge is -2.05. The molecule has 0 radical (unpaired) electrons. The van der Waals surface area contributed by atoms with Gasteiger partial charge in [-0.3, -0.25) is 14.3 Å². The summed E-state index contributed by atoms with van der Waals surface area (Å²) in [6.07, 6.45) is 1.77. The molecule has 2 aromatic rings. The number of Topliss-reactive ketones (excluding diaryl/α,β-unsaturated/α-hetero) is 1. The number of carbonyl (C=O) groups is 2. The predicted molar refractivity (Wildman–Crippen MR) is 71.8 cm³/mol. The number of aryl methyl sites for hydroxylation is 1. The van der Waals surface area contributed by atoms with E-state index in [1.807, 2.05) is 31.2 Å². The molecule has 1 N–H and O–H groups in total. The number of carbonyl (C=O) groups excluding carboxylic acids is 2. The van der Waals surface area contributed by atoms with Crippen molar-refractivity contribution in [3.8, 4) is 0 Å². The monoisotopic (exact) mass is 257 g/mol. The molecule has 19 heavy (non-hydrogen) atoms. The van der Waals surface area contributed by atoms with Crippen LogP contribution >= 0.6 is 0 Å². The van der Waals surface area contributed by atoms with Crippen molar-refractivity contribution in [3.05, 3.63) is 47.7 Å². The van der Waals surface area contributed by atoms with Crippen LogP contribution < -0.4 is 5.32 Å². The molecule has 0 aliphatic carbocycles. The van der Waals surface area contributed by atoms with Crippen molar-refractivity contribution in [1.29, 1.82) is 0 Å². The van der Waals surface area contributed by atoms with Gasteiger partial charge < -0.3 is 5.32 Å². The molecule has 0 atom stereocenters. The highest BCUT2D eigenvalue weighted by Crippen LogP contribution is 2.10. The molecule has 1 aromatic heterocycles. The van der Waals surface area contributed by atoms with E-state index in [-0.39, 0.29) is 0 Å². The third-order valence-corrected chi connectivity index (χ3v) is 2.80. The quantitative estimate of drug-likeness (QED) is 0.849. The molecule has 0 bridgehead atoms. The topological polar surface area (TPSA) is 64.0 Å². The fourth-order valence-corrected chi connectivity index (χ4v) is 1.68. The molecule has 1 amide bonds. The first-order valence-electron chi connectivity index (χ1n) is 5.96. The first kappa shape index (κ1) is 13.0. The smallest absolute Gasteiger partial charge is 0.292 e. The molecule has 0 saturated carbocycles. The van der Waals surface area contributed by atoms with Crippen molar-refractivity contribution in [3.63, 3.8) is 0 Å². The Balaban J connectivity index is 2.08. The number of nitrogens with zero attached hydrogens (tertiary/aromatic N) is 2. The Hall–Kier alpha value is -2.43. The van der Waals surface area contributed by atoms with E-state index < -0.39 is 11.7 Å². The summed E-state index contributed by atoms with van der Waals surface area (Å²) in [6.45, 7) is 3.89. The highest BCUT2D eigenvalue weighted by molar-refractivity contribution is 6.39. The Labute approximate surface area is 111 Å². The lowest BCUT2D eigenvalue weighted by molar-refractivity contribution is -0.133. The van der Waals surface area contributed by atoms with Gasteiger partial charge in [0.1, 0.15) is 0 Å². The van der Waals surface area contributed by atoms with Gasteiger partial charge in [0.2, 0.25) is 5.78 Å². The molecule has 1 aromatic carbocycles. The van der Waals surface area contributed by atoms with E-state index >= 15 is 0 Å². The molecule has 0 fully saturated rings. The Kier molecular flexibility index (Phi) is 3.75. The van der Waals surface area contributed by atoms with Gasteiger partial charge in [-0.1, -0.05) is 24.3 Å². The van der Waals surface area contributed by atoms with Gasteiger partial charge in [0.25, 0.3) is 5.91 Å². The largest absolute Gasteiger partial charge is 0.303 e. The lowest BCUT2D eigenvalue weighted by Crippen LogP contribution is -2.20. The van der Waals surface area contributed by atoms with E-state index in [0.717, 1.165) is 5.56 Å². The number of hydrogen-bond acceptors (Lipinski definition) is 3. The summed E-state index contributed by atoms with van der Waals surface area (Å²) in [5.41, 5.74) is 2.35. The third-order valence-electron chi connectivity index (χ3n) is 2.80. The van der Waals surface area contributed by atoms with Gasteiger partial charge in [-0.05, 0) is 18.1 Å². The van der Waals surface area contributed by atoms with E-state index in [1.54, 1.807) is 16.9 Å². The van der Waals surface area contributed by atoms with Crippen LogP contribution in [0.2, 0.25) is 0 Å². The normalized spacial score (nSPS) is 10.2. The van der Waals surface area contributed by atoms with E-state index in [4.69, 9.17) is 0 Å². The molecule has 0 spiro atoms. The van der Waals surface area contributed by atoms with Gasteiger partial charge in [-0.25, -0.2) is 0 Å². The predicted octanol–water partition coefficient (Wildman–Crippen LogP) is 1.77. The summed E-state index contributed by atoms with van der Waals surface area (Å²) in [5.74, 6) is -0.802. The summed E-state index contributed by atoms with van der Waals surface area (Å²) in [7, 11) is 0. The standard InChI is InChI=1S/C14H15N3O2/c1-10-5-3-4-6-12(10)9-17-8-7-13(16-17)15-14(19)11(2)18/h3-8H,9H2,1-2H3,(H,15,16,19). The first-order chi connectivity index (χ1) is 9.06. The maximum absolute atomic E-state index is 11.2. The van der Waals surface area contributed by atoms with Crippen molar-refractivity contribution < 1.29 is 9.59 Å². The van der Waals surface area contributed by atoms with Gasteiger partial charge in [0, 0.05) is 19.2 Å². The van der Waals surface area contributed by atoms with Crippen LogP contribution in [0.3, 0.4) is 0 Å². The van der Waals surface area contributed by atoms with Crippen LogP contribution in [-0.2, 0) is 16.1 Å². The van der Waals surface area contributed by atoms with Crippen LogP contribution in [0.15, 0.2) is 36.5 Å². The number of hydrogen-bond donors (Lipinski definition) is 1. The number of aromatic nitrogens is 2. The summed E-state index contributed by atoms with van der Waals surface area (Å²) in [4.78, 5) is 22.1. The average molecular weight is 257 g/mol. The van der Waals surface area contributed by atoms with Crippen LogP contribution in [0.4, 0.5) is 5.82 Å². The van der Waals surface area contributed by atoms with Crippen LogP contribution in [0, 0.1) is 6.92 Å². The first-order valence-corrected chi connectivity index (χ1v) is 5.96. The SMILES string of the molecule is CC(=O)C(=O)Nc1ccn(Cc2ccccc2C)n1. The van der Waals surface area contributed by atoms with Crippen molar-refractivity contribution in [1.82, 2.24) is 9.78 Å². The number of benzene rings is 1. The molecule has 0 unspecified atom stereocenters. The zero-order valence-electron chi connectivity index (χ0n) is 10.9. The average Bonchev–Trinajstić information content (AvgIpc) is 2.79. The zero-order chi connectivity index (χ0) is 13.8. The summed E-state index contributed by atoms with van der Waals surface area (Å²) >= 11 is 0. The van der Waals surface area contributed by atoms with Crippen molar-refractivity contribution in [2.45, 2.75) is 20.4 Å². The van der Waals surface area contributed by atoms with Crippen LogP contribution in [0.25, 0.3) is 0 Å². The highest BCUT2D eigenvalue weighted by atomic mass is 16.2. The summed E-state index contributed by atoms with van der Waals surface area (Å²) in [5, 5.41) is 6.64. The minimum atomic E-state index is -0.652. The van der Waals surface area contributed by atoms with Crippen molar-refractivity contribution in [2.24, 2.45) is 0 Å². The number of ketones is 1. The molecule has 2 rings (SSSR count). The maximum atomic E-state index is 11.2. The number of anilines is 1. The zero-order valence-corrected chi connectivity index (χ0v) is 10.9. The molecular weight excluding hydrogens is 242 g/mol. The van der Waals surface area contributed by atoms with Crippen molar-refractivity contribution in [2.75, 3.05) is 5.32 Å². The number of nitrogens with one attached hydrogen (secondary N) is 1. The van der Waals surface area contributed by atoms with E-state index in [9.17, 15) is 9.59 Å². The second-order valence-corrected chi connectivity index (χ2v) is 4.34. The second kappa shape index (κ2) is 5.48. The van der Waals surface area contributed by atoms with E-state index in [0.29, 0.717) is 12.4 Å². The van der Waals surface area contributed by atoms with Crippen molar-refractivity contribution >= 4 is 17.5 Å². The minimum Gasteiger partial charge on any atom is -0.303 e. The van der Waals surface area contributed by atoms with Crippen LogP contribution in [-0.4, -0.2) is 21.5 Å². The maximum Gasteiger partial charge on any atom is 0.292 e. The van der Waals surface area contributed by atoms with Crippen LogP contribution in [0.5, 0.6) is 0 Å². The van der Waals surface area contributed by atoms with Gasteiger partial charge in [-0.2, -0.15) is 5.10 Å². The second-order valence-electron chi connectivity index (χ2n) is 4.34. The van der Waals surface area contributed by atoms with E-state index in [2.05, 4.69) is 10.4 Å². The molecule has 5 heteroatoms. The fourth-order valence-electron chi connectivity index (χ4n) is 1.68. The summed E-state index contributed by atoms with van der Waals surface area (Å²) < 4.78 is 1.72. The Morgan fingerprint density at radius 2 is 2.00 bits per heavy atom. The Morgan fingerprint density at radius 3 is 2.68 bits per heavy atom. The van der Waals surface area contributed by atoms with E-state index in [1.165, 1.54) is 12.5 Å². The third kappa shape index (κ3) is 3.28. The number of amides is 1. The Morgan fingerprint density at radius 1 is 1.26 bits per heavy atom. The van der Waals surface area contributed by atoms with Gasteiger partial charge in [0.05, 0.1) is 6.54 Å². The highest BCUT2D eigenvalue weighted by Gasteiger charge is 2.09. The summed E-state index contributed by atoms with van der Waals surface area (Å²) in [6, 6.07) is 9.70. The Bertz CT molecular complexity index is 617. The lowest BCUT2D eigenvalue weighted by atomic mass is 10.1. The molecule has 0 saturated heterocycles. The minimum absolute atomic E-state index is 0.383. The molecule has 0 aliphatic heterocycles. The molecule has 5 nitrogen and oxygen atoms in total. The van der Waals surface area contributed by atoms with Gasteiger partial charge >= 0.3 is 0 Å². The number of rotatable bonds is 4. The van der Waals surface area contributed by atoms with Gasteiger partial charge in [-0.15, -0.1) is 0 Å². The van der Waals surface area contributed by atoms with Gasteiger partial charge in [0.15, 0.2) is 5.82 Å². The van der Waals surface area contributed by atoms with Crippen LogP contribution in [0.1, 0.15) is 18.1 Å².